The number of fused-ring (bicyclic) bond motifs is 1. The molecule has 9 nitrogen and oxygen atoms in total. The summed E-state index contributed by atoms with van der Waals surface area (Å²) in [5.41, 5.74) is 5.95. The molecule has 2 aliphatic heterocycles. The second kappa shape index (κ2) is 7.22. The molecule has 1 unspecified atom stereocenters. The van der Waals surface area contributed by atoms with Crippen molar-refractivity contribution in [3.8, 4) is 0 Å². The topological polar surface area (TPSA) is 150 Å². The molecule has 24 heavy (non-hydrogen) atoms. The zero-order valence-electron chi connectivity index (χ0n) is 13.0. The highest BCUT2D eigenvalue weighted by atomic mass is 32.2. The standard InChI is InChI=1S/C14H19N3O6S/c1-6-5-24-12-9(11(19)17(12)10(6)14(22)23)16-8(18)4-2-3-7(15)13(20)21/h7,9,12H,2-5,15H2,1H3,(H,16,18)(H,20,21)(H,22,23)/t7-,9?,12-/m1/s1. The zero-order valence-corrected chi connectivity index (χ0v) is 13.8. The minimum Gasteiger partial charge on any atom is -0.480 e. The van der Waals surface area contributed by atoms with E-state index in [1.807, 2.05) is 0 Å². The first kappa shape index (κ1) is 18.3. The summed E-state index contributed by atoms with van der Waals surface area (Å²) in [6.45, 7) is 1.66. The maximum Gasteiger partial charge on any atom is 0.352 e. The van der Waals surface area contributed by atoms with Gasteiger partial charge in [0, 0.05) is 12.2 Å². The third-order valence-electron chi connectivity index (χ3n) is 3.91. The predicted octanol–water partition coefficient (Wildman–Crippen LogP) is -0.673. The predicted molar refractivity (Wildman–Crippen MR) is 84.8 cm³/mol. The average molecular weight is 357 g/mol. The molecule has 1 fully saturated rings. The van der Waals surface area contributed by atoms with Gasteiger partial charge in [-0.2, -0.15) is 0 Å². The molecule has 0 aromatic heterocycles. The monoisotopic (exact) mass is 357 g/mol. The number of carbonyl (C=O) groups excluding carboxylic acids is 2. The fourth-order valence-electron chi connectivity index (χ4n) is 2.63. The van der Waals surface area contributed by atoms with E-state index in [0.29, 0.717) is 17.7 Å². The number of nitrogens with zero attached hydrogens (tertiary/aromatic N) is 1. The molecule has 0 saturated carbocycles. The van der Waals surface area contributed by atoms with Crippen LogP contribution in [0.1, 0.15) is 26.2 Å². The van der Waals surface area contributed by atoms with Gasteiger partial charge in [-0.15, -0.1) is 11.8 Å². The van der Waals surface area contributed by atoms with Gasteiger partial charge >= 0.3 is 11.9 Å². The summed E-state index contributed by atoms with van der Waals surface area (Å²) in [6.07, 6.45) is 0.515. The van der Waals surface area contributed by atoms with Gasteiger partial charge in [-0.1, -0.05) is 0 Å². The molecule has 2 heterocycles. The highest BCUT2D eigenvalue weighted by Gasteiger charge is 2.53. The molecule has 0 radical (unpaired) electrons. The molecule has 10 heteroatoms. The Morgan fingerprint density at radius 3 is 2.67 bits per heavy atom. The highest BCUT2D eigenvalue weighted by Crippen LogP contribution is 2.40. The van der Waals surface area contributed by atoms with Gasteiger partial charge in [0.05, 0.1) is 0 Å². The molecule has 0 aromatic rings. The molecule has 3 atom stereocenters. The fourth-order valence-corrected chi connectivity index (χ4v) is 3.92. The van der Waals surface area contributed by atoms with Gasteiger partial charge in [-0.25, -0.2) is 4.79 Å². The van der Waals surface area contributed by atoms with Crippen LogP contribution in [0.25, 0.3) is 0 Å². The van der Waals surface area contributed by atoms with E-state index in [1.165, 1.54) is 16.7 Å². The summed E-state index contributed by atoms with van der Waals surface area (Å²) in [4.78, 5) is 47.1. The van der Waals surface area contributed by atoms with Crippen molar-refractivity contribution >= 4 is 35.5 Å². The largest absolute Gasteiger partial charge is 0.480 e. The van der Waals surface area contributed by atoms with Crippen molar-refractivity contribution in [3.05, 3.63) is 11.3 Å². The van der Waals surface area contributed by atoms with Crippen LogP contribution in [0.4, 0.5) is 0 Å². The molecular weight excluding hydrogens is 338 g/mol. The summed E-state index contributed by atoms with van der Waals surface area (Å²) >= 11 is 1.40. The van der Waals surface area contributed by atoms with Crippen molar-refractivity contribution in [3.63, 3.8) is 0 Å². The van der Waals surface area contributed by atoms with Crippen LogP contribution in [-0.4, -0.2) is 62.1 Å². The number of aliphatic carboxylic acids is 2. The number of amides is 2. The van der Waals surface area contributed by atoms with Crippen LogP contribution < -0.4 is 11.1 Å². The van der Waals surface area contributed by atoms with Gasteiger partial charge in [0.25, 0.3) is 5.91 Å². The Morgan fingerprint density at radius 1 is 1.42 bits per heavy atom. The van der Waals surface area contributed by atoms with E-state index in [0.717, 1.165) is 0 Å². The number of nitrogens with one attached hydrogen (secondary N) is 1. The van der Waals surface area contributed by atoms with Crippen LogP contribution in [0.5, 0.6) is 0 Å². The van der Waals surface area contributed by atoms with E-state index < -0.39 is 35.3 Å². The number of carboxylic acid groups (broad SMARTS) is 2. The molecule has 0 aromatic carbocycles. The normalized spacial score (nSPS) is 24.1. The first-order valence-electron chi connectivity index (χ1n) is 7.39. The lowest BCUT2D eigenvalue weighted by Crippen LogP contribution is -2.70. The minimum atomic E-state index is -1.15. The van der Waals surface area contributed by atoms with Crippen molar-refractivity contribution in [2.45, 2.75) is 43.6 Å². The molecular formula is C14H19N3O6S. The van der Waals surface area contributed by atoms with E-state index in [9.17, 15) is 24.3 Å². The second-order valence-corrected chi connectivity index (χ2v) is 6.83. The summed E-state index contributed by atoms with van der Waals surface area (Å²) in [7, 11) is 0. The smallest absolute Gasteiger partial charge is 0.352 e. The van der Waals surface area contributed by atoms with Gasteiger partial charge < -0.3 is 21.3 Å². The number of rotatable bonds is 7. The van der Waals surface area contributed by atoms with Crippen LogP contribution in [0, 0.1) is 0 Å². The van der Waals surface area contributed by atoms with E-state index >= 15 is 0 Å². The van der Waals surface area contributed by atoms with Crippen molar-refractivity contribution in [2.75, 3.05) is 5.75 Å². The number of carbonyl (C=O) groups is 4. The van der Waals surface area contributed by atoms with Crippen LogP contribution in [0.2, 0.25) is 0 Å². The number of nitrogens with two attached hydrogens (primary N) is 1. The Morgan fingerprint density at radius 2 is 2.08 bits per heavy atom. The van der Waals surface area contributed by atoms with E-state index in [-0.39, 0.29) is 24.4 Å². The molecule has 2 amide bonds. The van der Waals surface area contributed by atoms with E-state index in [1.54, 1.807) is 6.92 Å². The zero-order chi connectivity index (χ0) is 18.0. The van der Waals surface area contributed by atoms with Crippen molar-refractivity contribution in [1.82, 2.24) is 10.2 Å². The quantitative estimate of drug-likeness (QED) is 0.438. The Hall–Kier alpha value is -2.07. The lowest BCUT2D eigenvalue weighted by Gasteiger charge is -2.49. The van der Waals surface area contributed by atoms with E-state index in [4.69, 9.17) is 10.8 Å². The molecule has 5 N–H and O–H groups in total. The molecule has 132 valence electrons. The maximum absolute atomic E-state index is 12.2. The van der Waals surface area contributed by atoms with Gasteiger partial charge in [-0.05, 0) is 25.3 Å². The SMILES string of the molecule is CC1=C(C(=O)O)N2C(=O)C(NC(=O)CCC[C@@H](N)C(=O)O)[C@H]2SC1. The Labute approximate surface area is 142 Å². The maximum atomic E-state index is 12.2. The average Bonchev–Trinajstić information content (AvgIpc) is 2.51. The summed E-state index contributed by atoms with van der Waals surface area (Å²) < 4.78 is 0. The number of hydrogen-bond acceptors (Lipinski definition) is 6. The third kappa shape index (κ3) is 3.54. The number of hydrogen-bond donors (Lipinski definition) is 4. The van der Waals surface area contributed by atoms with Crippen molar-refractivity contribution in [1.29, 1.82) is 0 Å². The lowest BCUT2D eigenvalue weighted by molar-refractivity contribution is -0.150. The Bertz CT molecular complexity index is 620. The molecule has 0 aliphatic carbocycles. The van der Waals surface area contributed by atoms with E-state index in [2.05, 4.69) is 5.32 Å². The molecule has 1 saturated heterocycles. The second-order valence-electron chi connectivity index (χ2n) is 5.73. The van der Waals surface area contributed by atoms with Crippen LogP contribution in [0.3, 0.4) is 0 Å². The van der Waals surface area contributed by atoms with Crippen molar-refractivity contribution in [2.24, 2.45) is 5.73 Å². The number of β-lactam (4-membered cyclic amide) rings is 1. The van der Waals surface area contributed by atoms with Crippen LogP contribution >= 0.6 is 11.8 Å². The Kier molecular flexibility index (Phi) is 5.50. The lowest BCUT2D eigenvalue weighted by atomic mass is 10.0. The molecule has 0 bridgehead atoms. The molecule has 0 spiro atoms. The molecule has 2 aliphatic rings. The van der Waals surface area contributed by atoms with Crippen LogP contribution in [0.15, 0.2) is 11.3 Å². The highest BCUT2D eigenvalue weighted by molar-refractivity contribution is 8.00. The first-order chi connectivity index (χ1) is 11.2. The molecule has 2 rings (SSSR count). The summed E-state index contributed by atoms with van der Waals surface area (Å²) in [5.74, 6) is -2.62. The van der Waals surface area contributed by atoms with Crippen molar-refractivity contribution < 1.29 is 29.4 Å². The number of thioether (sulfide) groups is 1. The van der Waals surface area contributed by atoms with Gasteiger partial charge in [0.1, 0.15) is 23.2 Å². The summed E-state index contributed by atoms with van der Waals surface area (Å²) in [5, 5.41) is 20.1. The minimum absolute atomic E-state index is 0.0123. The van der Waals surface area contributed by atoms with Gasteiger partial charge in [0.15, 0.2) is 0 Å². The Balaban J connectivity index is 1.88. The van der Waals surface area contributed by atoms with Gasteiger partial charge in [-0.3, -0.25) is 19.3 Å². The van der Waals surface area contributed by atoms with Crippen LogP contribution in [-0.2, 0) is 19.2 Å². The third-order valence-corrected chi connectivity index (χ3v) is 5.34. The summed E-state index contributed by atoms with van der Waals surface area (Å²) in [6, 6.07) is -1.77. The van der Waals surface area contributed by atoms with Gasteiger partial charge in [0.2, 0.25) is 5.91 Å². The number of carboxylic acids is 2. The first-order valence-corrected chi connectivity index (χ1v) is 8.44. The fraction of sp³-hybridized carbons (Fsp3) is 0.571.